The highest BCUT2D eigenvalue weighted by Gasteiger charge is 2.13. The molecule has 0 fully saturated rings. The van der Waals surface area contributed by atoms with Gasteiger partial charge >= 0.3 is 5.97 Å². The van der Waals surface area contributed by atoms with E-state index in [0.717, 1.165) is 15.6 Å². The van der Waals surface area contributed by atoms with Gasteiger partial charge in [0, 0.05) is 10.8 Å². The van der Waals surface area contributed by atoms with Crippen LogP contribution in [0.15, 0.2) is 48.5 Å². The number of ether oxygens (including phenoxy) is 2. The molecule has 0 aliphatic heterocycles. The van der Waals surface area contributed by atoms with E-state index in [0.29, 0.717) is 23.0 Å². The first-order valence-corrected chi connectivity index (χ1v) is 7.50. The van der Waals surface area contributed by atoms with Crippen LogP contribution in [-0.2, 0) is 6.61 Å². The number of fused-ring (bicyclic) bond motifs is 1. The molecule has 0 aliphatic carbocycles. The Bertz CT molecular complexity index is 808. The van der Waals surface area contributed by atoms with Gasteiger partial charge in [-0.15, -0.1) is 11.3 Å². The molecule has 0 bridgehead atoms. The van der Waals surface area contributed by atoms with Crippen LogP contribution in [0, 0.1) is 0 Å². The molecule has 4 nitrogen and oxygen atoms in total. The number of rotatable bonds is 5. The lowest BCUT2D eigenvalue weighted by Crippen LogP contribution is -1.97. The van der Waals surface area contributed by atoms with Crippen molar-refractivity contribution in [3.05, 3.63) is 59.0 Å². The highest BCUT2D eigenvalue weighted by atomic mass is 32.1. The minimum Gasteiger partial charge on any atom is -0.493 e. The smallest absolute Gasteiger partial charge is 0.345 e. The lowest BCUT2D eigenvalue weighted by Gasteiger charge is -2.11. The molecule has 0 saturated carbocycles. The molecule has 22 heavy (non-hydrogen) atoms. The van der Waals surface area contributed by atoms with Gasteiger partial charge in [-0.2, -0.15) is 0 Å². The van der Waals surface area contributed by atoms with E-state index >= 15 is 0 Å². The normalized spacial score (nSPS) is 10.6. The molecule has 1 aromatic heterocycles. The summed E-state index contributed by atoms with van der Waals surface area (Å²) < 4.78 is 12.0. The first kappa shape index (κ1) is 14.4. The van der Waals surface area contributed by atoms with Gasteiger partial charge in [-0.25, -0.2) is 4.79 Å². The second-order valence-corrected chi connectivity index (χ2v) is 5.81. The quantitative estimate of drug-likeness (QED) is 0.767. The average molecular weight is 314 g/mol. The van der Waals surface area contributed by atoms with Gasteiger partial charge in [-0.3, -0.25) is 0 Å². The summed E-state index contributed by atoms with van der Waals surface area (Å²) in [7, 11) is 1.57. The van der Waals surface area contributed by atoms with Gasteiger partial charge in [0.05, 0.1) is 7.11 Å². The van der Waals surface area contributed by atoms with Crippen LogP contribution in [0.1, 0.15) is 15.2 Å². The minimum atomic E-state index is -0.924. The molecule has 3 aromatic rings. The van der Waals surface area contributed by atoms with Crippen molar-refractivity contribution in [1.29, 1.82) is 0 Å². The Labute approximate surface area is 131 Å². The van der Waals surface area contributed by atoms with Gasteiger partial charge in [0.15, 0.2) is 11.5 Å². The molecule has 0 unspecified atom stereocenters. The standard InChI is InChI=1S/C17H14O4S/c1-20-13-9-15-12(8-16(22-15)17(18)19)7-14(13)21-10-11-5-3-2-4-6-11/h2-9H,10H2,1H3,(H,18,19). The maximum absolute atomic E-state index is 11.1. The Morgan fingerprint density at radius 2 is 1.91 bits per heavy atom. The predicted octanol–water partition coefficient (Wildman–Crippen LogP) is 4.19. The monoisotopic (exact) mass is 314 g/mol. The summed E-state index contributed by atoms with van der Waals surface area (Å²) >= 11 is 1.22. The van der Waals surface area contributed by atoms with Crippen LogP contribution in [0.5, 0.6) is 11.5 Å². The number of thiophene rings is 1. The Morgan fingerprint density at radius 1 is 1.14 bits per heavy atom. The molecular formula is C17H14O4S. The van der Waals surface area contributed by atoms with E-state index < -0.39 is 5.97 Å². The van der Waals surface area contributed by atoms with Crippen molar-refractivity contribution in [2.45, 2.75) is 6.61 Å². The Hall–Kier alpha value is -2.53. The van der Waals surface area contributed by atoms with Crippen molar-refractivity contribution in [1.82, 2.24) is 0 Å². The molecule has 5 heteroatoms. The fourth-order valence-corrected chi connectivity index (χ4v) is 3.07. The molecule has 0 radical (unpaired) electrons. The number of methoxy groups -OCH3 is 1. The molecule has 2 aromatic carbocycles. The van der Waals surface area contributed by atoms with Gasteiger partial charge in [0.1, 0.15) is 11.5 Å². The number of hydrogen-bond acceptors (Lipinski definition) is 4. The average Bonchev–Trinajstić information content (AvgIpc) is 2.96. The third-order valence-corrected chi connectivity index (χ3v) is 4.34. The molecule has 1 N–H and O–H groups in total. The van der Waals surface area contributed by atoms with Gasteiger partial charge in [-0.05, 0) is 23.1 Å². The second-order valence-electron chi connectivity index (χ2n) is 4.73. The summed E-state index contributed by atoms with van der Waals surface area (Å²) in [4.78, 5) is 11.4. The Balaban J connectivity index is 1.92. The highest BCUT2D eigenvalue weighted by molar-refractivity contribution is 7.20. The van der Waals surface area contributed by atoms with Crippen LogP contribution in [0.3, 0.4) is 0 Å². The number of benzene rings is 2. The third kappa shape index (κ3) is 2.89. The van der Waals surface area contributed by atoms with Crippen molar-refractivity contribution in [2.24, 2.45) is 0 Å². The third-order valence-electron chi connectivity index (χ3n) is 3.25. The second kappa shape index (κ2) is 6.07. The molecule has 3 rings (SSSR count). The highest BCUT2D eigenvalue weighted by Crippen LogP contribution is 2.36. The van der Waals surface area contributed by atoms with Crippen molar-refractivity contribution in [3.63, 3.8) is 0 Å². The van der Waals surface area contributed by atoms with E-state index in [2.05, 4.69) is 0 Å². The van der Waals surface area contributed by atoms with E-state index in [1.54, 1.807) is 13.2 Å². The Kier molecular flexibility index (Phi) is 3.98. The predicted molar refractivity (Wildman–Crippen MR) is 86.1 cm³/mol. The minimum absolute atomic E-state index is 0.303. The van der Waals surface area contributed by atoms with E-state index in [1.165, 1.54) is 11.3 Å². The SMILES string of the molecule is COc1cc2sc(C(=O)O)cc2cc1OCc1ccccc1. The molecule has 0 amide bonds. The zero-order chi connectivity index (χ0) is 15.5. The summed E-state index contributed by atoms with van der Waals surface area (Å²) in [6.45, 7) is 0.429. The van der Waals surface area contributed by atoms with Gasteiger partial charge in [0.2, 0.25) is 0 Å². The number of aromatic carboxylic acids is 1. The molecular weight excluding hydrogens is 300 g/mol. The molecule has 0 spiro atoms. The summed E-state index contributed by atoms with van der Waals surface area (Å²) in [6.07, 6.45) is 0. The number of carbonyl (C=O) groups is 1. The molecule has 0 aliphatic rings. The zero-order valence-electron chi connectivity index (χ0n) is 11.9. The van der Waals surface area contributed by atoms with Crippen molar-refractivity contribution in [3.8, 4) is 11.5 Å². The van der Waals surface area contributed by atoms with Gasteiger partial charge < -0.3 is 14.6 Å². The van der Waals surface area contributed by atoms with Crippen LogP contribution < -0.4 is 9.47 Å². The maximum atomic E-state index is 11.1. The van der Waals surface area contributed by atoms with Gasteiger partial charge in [-0.1, -0.05) is 30.3 Å². The maximum Gasteiger partial charge on any atom is 0.345 e. The van der Waals surface area contributed by atoms with E-state index in [1.807, 2.05) is 42.5 Å². The lowest BCUT2D eigenvalue weighted by molar-refractivity contribution is 0.0702. The fraction of sp³-hybridized carbons (Fsp3) is 0.118. The summed E-state index contributed by atoms with van der Waals surface area (Å²) in [5, 5.41) is 9.92. The number of hydrogen-bond donors (Lipinski definition) is 1. The van der Waals surface area contributed by atoms with Crippen molar-refractivity contribution < 1.29 is 19.4 Å². The van der Waals surface area contributed by atoms with E-state index in [9.17, 15) is 4.79 Å². The number of carboxylic acid groups (broad SMARTS) is 1. The van der Waals surface area contributed by atoms with Crippen molar-refractivity contribution in [2.75, 3.05) is 7.11 Å². The van der Waals surface area contributed by atoms with Gasteiger partial charge in [0.25, 0.3) is 0 Å². The first-order valence-electron chi connectivity index (χ1n) is 6.69. The summed E-state index contributed by atoms with van der Waals surface area (Å²) in [5.41, 5.74) is 1.06. The lowest BCUT2D eigenvalue weighted by atomic mass is 10.2. The molecule has 1 heterocycles. The fourth-order valence-electron chi connectivity index (χ4n) is 2.16. The molecule has 0 atom stereocenters. The van der Waals surface area contributed by atoms with Crippen LogP contribution in [-0.4, -0.2) is 18.2 Å². The zero-order valence-corrected chi connectivity index (χ0v) is 12.7. The van der Waals surface area contributed by atoms with E-state index in [-0.39, 0.29) is 0 Å². The Morgan fingerprint density at radius 3 is 2.59 bits per heavy atom. The molecule has 112 valence electrons. The molecule has 0 saturated heterocycles. The van der Waals surface area contributed by atoms with E-state index in [4.69, 9.17) is 14.6 Å². The van der Waals surface area contributed by atoms with Crippen LogP contribution >= 0.6 is 11.3 Å². The largest absolute Gasteiger partial charge is 0.493 e. The number of carboxylic acids is 1. The van der Waals surface area contributed by atoms with Crippen LogP contribution in [0.2, 0.25) is 0 Å². The van der Waals surface area contributed by atoms with Crippen LogP contribution in [0.25, 0.3) is 10.1 Å². The van der Waals surface area contributed by atoms with Crippen LogP contribution in [0.4, 0.5) is 0 Å². The van der Waals surface area contributed by atoms with Crippen molar-refractivity contribution >= 4 is 27.4 Å². The summed E-state index contributed by atoms with van der Waals surface area (Å²) in [5.74, 6) is 0.280. The first-order chi connectivity index (χ1) is 10.7. The topological polar surface area (TPSA) is 55.8 Å². The summed E-state index contributed by atoms with van der Waals surface area (Å²) in [6, 6.07) is 15.1.